The standard InChI is InChI=1S/C29H28ClFN2O/c30-26-11-9-21(10-12-26)15-24(17-22-5-3-6-23(16-22)19-32)20-33-28(34)29(13-1-2-14-29)25-7-4-8-27(31)18-25/h3-12,16,18,24H,1-2,13-15,17,20H2,(H,33,34). The van der Waals surface area contributed by atoms with Crippen LogP contribution in [0.2, 0.25) is 5.02 Å². The van der Waals surface area contributed by atoms with E-state index in [0.717, 1.165) is 55.2 Å². The van der Waals surface area contributed by atoms with Crippen LogP contribution in [0.25, 0.3) is 0 Å². The summed E-state index contributed by atoms with van der Waals surface area (Å²) in [6.45, 7) is 0.495. The van der Waals surface area contributed by atoms with Crippen LogP contribution < -0.4 is 5.32 Å². The van der Waals surface area contributed by atoms with Crippen molar-refractivity contribution in [3.63, 3.8) is 0 Å². The van der Waals surface area contributed by atoms with Crippen LogP contribution in [0.1, 0.15) is 47.9 Å². The molecule has 1 saturated carbocycles. The Morgan fingerprint density at radius 1 is 1.00 bits per heavy atom. The number of halogens is 2. The molecular formula is C29H28ClFN2O. The first-order valence-electron chi connectivity index (χ1n) is 11.8. The summed E-state index contributed by atoms with van der Waals surface area (Å²) < 4.78 is 14.0. The maximum absolute atomic E-state index is 14.0. The van der Waals surface area contributed by atoms with E-state index in [2.05, 4.69) is 11.4 Å². The van der Waals surface area contributed by atoms with Gasteiger partial charge in [-0.15, -0.1) is 0 Å². The molecule has 0 bridgehead atoms. The summed E-state index contributed by atoms with van der Waals surface area (Å²) in [5.74, 6) is -0.206. The van der Waals surface area contributed by atoms with E-state index in [0.29, 0.717) is 17.1 Å². The molecule has 1 atom stereocenters. The Morgan fingerprint density at radius 2 is 1.71 bits per heavy atom. The van der Waals surface area contributed by atoms with E-state index in [1.54, 1.807) is 12.1 Å². The van der Waals surface area contributed by atoms with Crippen LogP contribution in [0.3, 0.4) is 0 Å². The van der Waals surface area contributed by atoms with Gasteiger partial charge in [-0.2, -0.15) is 5.26 Å². The average molecular weight is 475 g/mol. The number of nitrogens with one attached hydrogen (secondary N) is 1. The largest absolute Gasteiger partial charge is 0.355 e. The van der Waals surface area contributed by atoms with Gasteiger partial charge in [0, 0.05) is 11.6 Å². The molecule has 0 saturated heterocycles. The Bertz CT molecular complexity index is 1180. The lowest BCUT2D eigenvalue weighted by Crippen LogP contribution is -2.44. The van der Waals surface area contributed by atoms with Gasteiger partial charge < -0.3 is 5.32 Å². The minimum absolute atomic E-state index is 0.0255. The van der Waals surface area contributed by atoms with Crippen molar-refractivity contribution in [2.75, 3.05) is 6.54 Å². The van der Waals surface area contributed by atoms with E-state index in [4.69, 9.17) is 11.6 Å². The van der Waals surface area contributed by atoms with Crippen molar-refractivity contribution in [2.45, 2.75) is 43.9 Å². The Morgan fingerprint density at radius 3 is 2.41 bits per heavy atom. The van der Waals surface area contributed by atoms with Gasteiger partial charge in [0.2, 0.25) is 5.91 Å². The highest BCUT2D eigenvalue weighted by Crippen LogP contribution is 2.41. The second-order valence-corrected chi connectivity index (χ2v) is 9.66. The van der Waals surface area contributed by atoms with E-state index in [1.807, 2.05) is 48.5 Å². The Hall–Kier alpha value is -3.16. The van der Waals surface area contributed by atoms with Crippen LogP contribution in [0.4, 0.5) is 4.39 Å². The quantitative estimate of drug-likeness (QED) is 0.411. The first kappa shape index (κ1) is 24.0. The molecule has 1 aliphatic carbocycles. The molecule has 1 amide bonds. The summed E-state index contributed by atoms with van der Waals surface area (Å²) in [5.41, 5.74) is 2.92. The van der Waals surface area contributed by atoms with Gasteiger partial charge in [-0.3, -0.25) is 4.79 Å². The van der Waals surface area contributed by atoms with Gasteiger partial charge in [0.05, 0.1) is 17.0 Å². The van der Waals surface area contributed by atoms with Crippen LogP contribution in [0.5, 0.6) is 0 Å². The van der Waals surface area contributed by atoms with E-state index >= 15 is 0 Å². The monoisotopic (exact) mass is 474 g/mol. The van der Waals surface area contributed by atoms with Gasteiger partial charge in [0.1, 0.15) is 5.82 Å². The predicted octanol–water partition coefficient (Wildman–Crippen LogP) is 6.38. The molecule has 3 aromatic carbocycles. The smallest absolute Gasteiger partial charge is 0.230 e. The van der Waals surface area contributed by atoms with Crippen LogP contribution in [-0.4, -0.2) is 12.5 Å². The van der Waals surface area contributed by atoms with E-state index in [9.17, 15) is 14.4 Å². The highest BCUT2D eigenvalue weighted by molar-refractivity contribution is 6.30. The molecule has 4 rings (SSSR count). The second kappa shape index (κ2) is 10.8. The Balaban J connectivity index is 1.53. The third-order valence-corrected chi connectivity index (χ3v) is 7.09. The van der Waals surface area contributed by atoms with Gasteiger partial charge in [-0.25, -0.2) is 4.39 Å². The highest BCUT2D eigenvalue weighted by atomic mass is 35.5. The van der Waals surface area contributed by atoms with Crippen molar-refractivity contribution < 1.29 is 9.18 Å². The molecule has 0 aromatic heterocycles. The molecule has 34 heavy (non-hydrogen) atoms. The van der Waals surface area contributed by atoms with Crippen molar-refractivity contribution in [1.82, 2.24) is 5.32 Å². The molecule has 0 spiro atoms. The lowest BCUT2D eigenvalue weighted by atomic mass is 9.77. The minimum Gasteiger partial charge on any atom is -0.355 e. The summed E-state index contributed by atoms with van der Waals surface area (Å²) in [6, 6.07) is 24.0. The van der Waals surface area contributed by atoms with Crippen molar-refractivity contribution in [2.24, 2.45) is 5.92 Å². The molecule has 1 aliphatic rings. The van der Waals surface area contributed by atoms with Gasteiger partial charge in [0.25, 0.3) is 0 Å². The number of carbonyl (C=O) groups excluding carboxylic acids is 1. The zero-order chi connectivity index (χ0) is 24.0. The number of benzene rings is 3. The number of rotatable bonds is 8. The Kier molecular flexibility index (Phi) is 7.65. The number of hydrogen-bond acceptors (Lipinski definition) is 2. The lowest BCUT2D eigenvalue weighted by Gasteiger charge is -2.29. The molecule has 0 radical (unpaired) electrons. The third kappa shape index (κ3) is 5.66. The first-order chi connectivity index (χ1) is 16.5. The zero-order valence-corrected chi connectivity index (χ0v) is 19.8. The average Bonchev–Trinajstić information content (AvgIpc) is 3.35. The van der Waals surface area contributed by atoms with E-state index in [1.165, 1.54) is 12.1 Å². The maximum atomic E-state index is 14.0. The molecular weight excluding hydrogens is 447 g/mol. The number of amides is 1. The fraction of sp³-hybridized carbons (Fsp3) is 0.310. The minimum atomic E-state index is -0.673. The van der Waals surface area contributed by atoms with E-state index in [-0.39, 0.29) is 17.6 Å². The van der Waals surface area contributed by atoms with E-state index < -0.39 is 5.41 Å². The molecule has 1 N–H and O–H groups in total. The lowest BCUT2D eigenvalue weighted by molar-refractivity contribution is -0.126. The molecule has 1 fully saturated rings. The number of nitrogens with zero attached hydrogens (tertiary/aromatic N) is 1. The van der Waals surface area contributed by atoms with Gasteiger partial charge in [0.15, 0.2) is 0 Å². The second-order valence-electron chi connectivity index (χ2n) is 9.22. The van der Waals surface area contributed by atoms with Crippen molar-refractivity contribution in [1.29, 1.82) is 5.26 Å². The molecule has 3 aromatic rings. The fourth-order valence-electron chi connectivity index (χ4n) is 5.09. The molecule has 174 valence electrons. The maximum Gasteiger partial charge on any atom is 0.230 e. The molecule has 1 unspecified atom stereocenters. The van der Waals surface area contributed by atoms with Crippen LogP contribution in [0, 0.1) is 23.1 Å². The predicted molar refractivity (Wildman–Crippen MR) is 133 cm³/mol. The number of hydrogen-bond donors (Lipinski definition) is 1. The normalized spacial score (nSPS) is 15.4. The van der Waals surface area contributed by atoms with Crippen LogP contribution in [-0.2, 0) is 23.1 Å². The number of nitriles is 1. The summed E-state index contributed by atoms with van der Waals surface area (Å²) in [7, 11) is 0. The molecule has 0 aliphatic heterocycles. The van der Waals surface area contributed by atoms with Crippen molar-refractivity contribution >= 4 is 17.5 Å². The zero-order valence-electron chi connectivity index (χ0n) is 19.1. The summed E-state index contributed by atoms with van der Waals surface area (Å²) in [5, 5.41) is 13.2. The van der Waals surface area contributed by atoms with Gasteiger partial charge in [-0.05, 0) is 84.7 Å². The highest BCUT2D eigenvalue weighted by Gasteiger charge is 2.42. The topological polar surface area (TPSA) is 52.9 Å². The molecule has 0 heterocycles. The number of carbonyl (C=O) groups is 1. The Labute approximate surface area is 205 Å². The van der Waals surface area contributed by atoms with Crippen LogP contribution in [0.15, 0.2) is 72.8 Å². The van der Waals surface area contributed by atoms with Gasteiger partial charge in [-0.1, -0.05) is 60.8 Å². The summed E-state index contributed by atoms with van der Waals surface area (Å²) in [4.78, 5) is 13.5. The molecule has 3 nitrogen and oxygen atoms in total. The first-order valence-corrected chi connectivity index (χ1v) is 12.1. The van der Waals surface area contributed by atoms with Gasteiger partial charge >= 0.3 is 0 Å². The fourth-order valence-corrected chi connectivity index (χ4v) is 5.22. The third-order valence-electron chi connectivity index (χ3n) is 6.84. The molecule has 5 heteroatoms. The summed E-state index contributed by atoms with van der Waals surface area (Å²) >= 11 is 6.06. The van der Waals surface area contributed by atoms with Crippen molar-refractivity contribution in [3.8, 4) is 6.07 Å². The SMILES string of the molecule is N#Cc1cccc(CC(CNC(=O)C2(c3cccc(F)c3)CCCC2)Cc2ccc(Cl)cc2)c1. The van der Waals surface area contributed by atoms with Crippen molar-refractivity contribution in [3.05, 3.63) is 106 Å². The summed E-state index contributed by atoms with van der Waals surface area (Å²) in [6.07, 6.45) is 4.87. The van der Waals surface area contributed by atoms with Crippen LogP contribution >= 0.6 is 11.6 Å².